The fourth-order valence-corrected chi connectivity index (χ4v) is 0.965. The Morgan fingerprint density at radius 2 is 2.50 bits per heavy atom. The summed E-state index contributed by atoms with van der Waals surface area (Å²) in [6, 6.07) is -0.701. The van der Waals surface area contributed by atoms with E-state index in [0.29, 0.717) is 0 Å². The van der Waals surface area contributed by atoms with Crippen LogP contribution in [0.2, 0.25) is 0 Å². The standard InChI is InChI=1S/C7H10N4O/c1-2-11-4-3-10-6(8)5(11)7(9)12/h2-5H,1H2,(H2,8,10)(H2,9,12). The van der Waals surface area contributed by atoms with Crippen LogP contribution in [-0.4, -0.2) is 22.7 Å². The maximum Gasteiger partial charge on any atom is 0.248 e. The van der Waals surface area contributed by atoms with Crippen LogP contribution in [0.15, 0.2) is 30.2 Å². The van der Waals surface area contributed by atoms with E-state index in [1.54, 1.807) is 6.20 Å². The zero-order chi connectivity index (χ0) is 9.14. The van der Waals surface area contributed by atoms with Gasteiger partial charge in [0.25, 0.3) is 0 Å². The van der Waals surface area contributed by atoms with E-state index in [-0.39, 0.29) is 5.84 Å². The highest BCUT2D eigenvalue weighted by Gasteiger charge is 2.25. The quantitative estimate of drug-likeness (QED) is 0.559. The highest BCUT2D eigenvalue weighted by atomic mass is 16.1. The number of carbonyl (C=O) groups is 1. The molecule has 0 aliphatic carbocycles. The van der Waals surface area contributed by atoms with E-state index in [0.717, 1.165) is 0 Å². The minimum Gasteiger partial charge on any atom is -0.385 e. The van der Waals surface area contributed by atoms with Gasteiger partial charge in [0.2, 0.25) is 5.91 Å². The topological polar surface area (TPSA) is 84.7 Å². The number of amides is 1. The maximum absolute atomic E-state index is 10.9. The minimum absolute atomic E-state index is 0.185. The number of carbonyl (C=O) groups excluding carboxylic acids is 1. The van der Waals surface area contributed by atoms with Gasteiger partial charge in [-0.25, -0.2) is 4.99 Å². The van der Waals surface area contributed by atoms with Crippen molar-refractivity contribution in [3.8, 4) is 0 Å². The smallest absolute Gasteiger partial charge is 0.248 e. The molecule has 1 rings (SSSR count). The van der Waals surface area contributed by atoms with E-state index < -0.39 is 11.9 Å². The minimum atomic E-state index is -0.701. The Balaban J connectivity index is 2.93. The third kappa shape index (κ3) is 1.29. The number of nitrogens with two attached hydrogens (primary N) is 2. The third-order valence-electron chi connectivity index (χ3n) is 1.52. The van der Waals surface area contributed by atoms with Crippen LogP contribution in [0.25, 0.3) is 0 Å². The first-order chi connectivity index (χ1) is 5.66. The van der Waals surface area contributed by atoms with Crippen LogP contribution in [0.4, 0.5) is 0 Å². The third-order valence-corrected chi connectivity index (χ3v) is 1.52. The van der Waals surface area contributed by atoms with E-state index in [9.17, 15) is 4.79 Å². The van der Waals surface area contributed by atoms with Gasteiger partial charge in [0.05, 0.1) is 0 Å². The summed E-state index contributed by atoms with van der Waals surface area (Å²) in [5.74, 6) is -0.356. The summed E-state index contributed by atoms with van der Waals surface area (Å²) in [6.07, 6.45) is 4.53. The van der Waals surface area contributed by atoms with Crippen LogP contribution in [0.1, 0.15) is 0 Å². The molecular formula is C7H10N4O. The van der Waals surface area contributed by atoms with Crippen molar-refractivity contribution >= 4 is 11.7 Å². The van der Waals surface area contributed by atoms with Gasteiger partial charge in [-0.3, -0.25) is 4.79 Å². The molecule has 0 fully saturated rings. The summed E-state index contributed by atoms with van der Waals surface area (Å²) in [5, 5.41) is 0. The number of amidine groups is 1. The second-order valence-corrected chi connectivity index (χ2v) is 2.29. The van der Waals surface area contributed by atoms with Gasteiger partial charge in [-0.1, -0.05) is 6.58 Å². The second-order valence-electron chi connectivity index (χ2n) is 2.29. The lowest BCUT2D eigenvalue weighted by molar-refractivity contribution is -0.119. The number of aliphatic imine (C=N–C) groups is 1. The van der Waals surface area contributed by atoms with Crippen molar-refractivity contribution in [1.29, 1.82) is 0 Å². The zero-order valence-electron chi connectivity index (χ0n) is 6.47. The molecule has 1 heterocycles. The Morgan fingerprint density at radius 1 is 1.83 bits per heavy atom. The fourth-order valence-electron chi connectivity index (χ4n) is 0.965. The van der Waals surface area contributed by atoms with Gasteiger partial charge in [-0.2, -0.15) is 0 Å². The van der Waals surface area contributed by atoms with Gasteiger partial charge in [-0.15, -0.1) is 0 Å². The van der Waals surface area contributed by atoms with Crippen LogP contribution in [0, 0.1) is 0 Å². The molecule has 0 aromatic heterocycles. The molecule has 0 saturated carbocycles. The highest BCUT2D eigenvalue weighted by molar-refractivity contribution is 6.06. The normalized spacial score (nSPS) is 21.8. The van der Waals surface area contributed by atoms with Crippen LogP contribution in [0.3, 0.4) is 0 Å². The number of primary amides is 1. The molecule has 5 nitrogen and oxygen atoms in total. The first-order valence-corrected chi connectivity index (χ1v) is 3.36. The predicted molar refractivity (Wildman–Crippen MR) is 45.8 cm³/mol. The van der Waals surface area contributed by atoms with E-state index in [2.05, 4.69) is 11.6 Å². The van der Waals surface area contributed by atoms with Gasteiger partial charge in [0.1, 0.15) is 5.84 Å². The van der Waals surface area contributed by atoms with Crippen LogP contribution in [0.5, 0.6) is 0 Å². The van der Waals surface area contributed by atoms with E-state index in [4.69, 9.17) is 11.5 Å². The number of nitrogens with zero attached hydrogens (tertiary/aromatic N) is 2. The number of rotatable bonds is 2. The number of hydrogen-bond acceptors (Lipinski definition) is 4. The van der Waals surface area contributed by atoms with Gasteiger partial charge < -0.3 is 16.4 Å². The number of hydrogen-bond donors (Lipinski definition) is 2. The fraction of sp³-hybridized carbons (Fsp3) is 0.143. The second kappa shape index (κ2) is 3.08. The first-order valence-electron chi connectivity index (χ1n) is 3.36. The van der Waals surface area contributed by atoms with E-state index in [1.165, 1.54) is 17.3 Å². The van der Waals surface area contributed by atoms with Gasteiger partial charge >= 0.3 is 0 Å². The molecule has 4 N–H and O–H groups in total. The lowest BCUT2D eigenvalue weighted by Crippen LogP contribution is -2.49. The largest absolute Gasteiger partial charge is 0.385 e. The molecule has 1 aliphatic rings. The molecular weight excluding hydrogens is 156 g/mol. The molecule has 0 bridgehead atoms. The summed E-state index contributed by atoms with van der Waals surface area (Å²) >= 11 is 0. The lowest BCUT2D eigenvalue weighted by atomic mass is 10.2. The van der Waals surface area contributed by atoms with Crippen molar-refractivity contribution in [2.45, 2.75) is 6.04 Å². The molecule has 0 aromatic carbocycles. The average molecular weight is 166 g/mol. The summed E-state index contributed by atoms with van der Waals surface area (Å²) in [4.78, 5) is 16.1. The Morgan fingerprint density at radius 3 is 2.92 bits per heavy atom. The van der Waals surface area contributed by atoms with Crippen molar-refractivity contribution in [2.24, 2.45) is 16.5 Å². The molecule has 1 amide bonds. The molecule has 1 unspecified atom stereocenters. The van der Waals surface area contributed by atoms with Gasteiger partial charge in [0.15, 0.2) is 6.04 Å². The van der Waals surface area contributed by atoms with Crippen LogP contribution >= 0.6 is 0 Å². The Labute approximate surface area is 70.0 Å². The molecule has 1 aliphatic heterocycles. The maximum atomic E-state index is 10.9. The van der Waals surface area contributed by atoms with Crippen molar-refractivity contribution in [3.63, 3.8) is 0 Å². The monoisotopic (exact) mass is 166 g/mol. The first kappa shape index (κ1) is 8.32. The molecule has 1 atom stereocenters. The van der Waals surface area contributed by atoms with Gasteiger partial charge in [-0.05, 0) is 6.20 Å². The molecule has 0 aromatic rings. The average Bonchev–Trinajstić information content (AvgIpc) is 2.03. The Kier molecular flexibility index (Phi) is 2.14. The van der Waals surface area contributed by atoms with Crippen molar-refractivity contribution in [1.82, 2.24) is 4.90 Å². The lowest BCUT2D eigenvalue weighted by Gasteiger charge is -2.25. The molecule has 12 heavy (non-hydrogen) atoms. The molecule has 0 radical (unpaired) electrons. The molecule has 0 spiro atoms. The van der Waals surface area contributed by atoms with Crippen molar-refractivity contribution < 1.29 is 4.79 Å². The SMILES string of the molecule is C=CN1C=CN=C(N)C1C(N)=O. The highest BCUT2D eigenvalue weighted by Crippen LogP contribution is 2.06. The van der Waals surface area contributed by atoms with Crippen LogP contribution in [-0.2, 0) is 4.79 Å². The summed E-state index contributed by atoms with van der Waals surface area (Å²) < 4.78 is 0. The Bertz CT molecular complexity index is 269. The van der Waals surface area contributed by atoms with E-state index >= 15 is 0 Å². The molecule has 64 valence electrons. The predicted octanol–water partition coefficient (Wildman–Crippen LogP) is -0.872. The zero-order valence-corrected chi connectivity index (χ0v) is 6.47. The van der Waals surface area contributed by atoms with E-state index in [1.807, 2.05) is 0 Å². The summed E-state index contributed by atoms with van der Waals surface area (Å²) in [7, 11) is 0. The molecule has 5 heteroatoms. The summed E-state index contributed by atoms with van der Waals surface area (Å²) in [6.45, 7) is 3.51. The van der Waals surface area contributed by atoms with Gasteiger partial charge in [0, 0.05) is 12.4 Å². The van der Waals surface area contributed by atoms with Crippen LogP contribution < -0.4 is 11.5 Å². The van der Waals surface area contributed by atoms with Crippen molar-refractivity contribution in [2.75, 3.05) is 0 Å². The summed E-state index contributed by atoms with van der Waals surface area (Å²) in [5.41, 5.74) is 10.6. The Hall–Kier alpha value is -1.78. The van der Waals surface area contributed by atoms with Crippen molar-refractivity contribution in [3.05, 3.63) is 25.2 Å². The molecule has 0 saturated heterocycles.